The van der Waals surface area contributed by atoms with Crippen molar-refractivity contribution >= 4 is 16.7 Å². The number of nitrogens with one attached hydrogen (secondary N) is 1. The largest absolute Gasteiger partial charge is 0.493 e. The molecular formula is C39H45N3O7S. The average molecular weight is 700 g/mol. The summed E-state index contributed by atoms with van der Waals surface area (Å²) in [4.78, 5) is 4.73. The Morgan fingerprint density at radius 2 is 1.36 bits per heavy atom. The SMILES string of the molecule is COc1cc(NS(C)=O)c2cc1Oc1ccc(cc1)C[C@H]1c3cc(c(OC)cc3CCN1C)Oc1c(OC)c(OC)cc3c1[C@H](C2)N(C)CC3. The molecule has 0 spiro atoms. The van der Waals surface area contributed by atoms with Crippen molar-refractivity contribution in [1.29, 1.82) is 0 Å². The van der Waals surface area contributed by atoms with Crippen molar-refractivity contribution in [3.05, 3.63) is 88.0 Å². The molecule has 0 saturated heterocycles. The van der Waals surface area contributed by atoms with Gasteiger partial charge in [0.25, 0.3) is 0 Å². The van der Waals surface area contributed by atoms with Gasteiger partial charge < -0.3 is 33.1 Å². The minimum atomic E-state index is -1.33. The van der Waals surface area contributed by atoms with E-state index in [9.17, 15) is 4.21 Å². The van der Waals surface area contributed by atoms with Crippen LogP contribution in [-0.4, -0.2) is 75.9 Å². The van der Waals surface area contributed by atoms with Crippen molar-refractivity contribution in [1.82, 2.24) is 9.80 Å². The number of nitrogens with zero attached hydrogens (tertiary/aromatic N) is 2. The molecule has 0 radical (unpaired) electrons. The molecular weight excluding hydrogens is 655 g/mol. The van der Waals surface area contributed by atoms with Crippen LogP contribution in [0.15, 0.2) is 54.6 Å². The molecule has 1 N–H and O–H groups in total. The Labute approximate surface area is 296 Å². The van der Waals surface area contributed by atoms with Gasteiger partial charge in [0.05, 0.1) is 34.1 Å². The van der Waals surface area contributed by atoms with E-state index in [-0.39, 0.29) is 12.1 Å². The third kappa shape index (κ3) is 6.34. The lowest BCUT2D eigenvalue weighted by Crippen LogP contribution is -2.34. The monoisotopic (exact) mass is 699 g/mol. The maximum Gasteiger partial charge on any atom is 0.204 e. The fourth-order valence-corrected chi connectivity index (χ4v) is 8.09. The normalized spacial score (nSPS) is 19.2. The van der Waals surface area contributed by atoms with Gasteiger partial charge in [-0.3, -0.25) is 9.80 Å². The van der Waals surface area contributed by atoms with Crippen LogP contribution in [-0.2, 0) is 36.7 Å². The van der Waals surface area contributed by atoms with Crippen molar-refractivity contribution in [3.8, 4) is 46.0 Å². The van der Waals surface area contributed by atoms with E-state index in [1.807, 2.05) is 24.3 Å². The van der Waals surface area contributed by atoms with E-state index < -0.39 is 11.0 Å². The molecule has 0 fully saturated rings. The van der Waals surface area contributed by atoms with Gasteiger partial charge >= 0.3 is 0 Å². The number of ether oxygens (including phenoxy) is 6. The summed E-state index contributed by atoms with van der Waals surface area (Å²) in [6.45, 7) is 1.75. The second-order valence-electron chi connectivity index (χ2n) is 13.2. The van der Waals surface area contributed by atoms with Crippen molar-refractivity contribution in [2.24, 2.45) is 0 Å². The molecule has 0 aromatic heterocycles. The van der Waals surface area contributed by atoms with Crippen LogP contribution in [0.25, 0.3) is 0 Å². The zero-order chi connectivity index (χ0) is 35.1. The fraction of sp³-hybridized carbons (Fsp3) is 0.385. The third-order valence-corrected chi connectivity index (χ3v) is 10.8. The highest BCUT2D eigenvalue weighted by Gasteiger charge is 2.35. The first-order valence-electron chi connectivity index (χ1n) is 16.9. The van der Waals surface area contributed by atoms with Gasteiger partial charge in [-0.05, 0) is 104 Å². The summed E-state index contributed by atoms with van der Waals surface area (Å²) in [5.74, 6) is 4.81. The summed E-state index contributed by atoms with van der Waals surface area (Å²) < 4.78 is 53.0. The molecule has 264 valence electrons. The summed E-state index contributed by atoms with van der Waals surface area (Å²) in [5, 5.41) is 0. The van der Waals surface area contributed by atoms with Gasteiger partial charge in [-0.25, -0.2) is 4.21 Å². The van der Waals surface area contributed by atoms with Crippen LogP contribution in [0.2, 0.25) is 0 Å². The van der Waals surface area contributed by atoms with E-state index in [1.54, 1.807) is 34.7 Å². The number of methoxy groups -OCH3 is 4. The third-order valence-electron chi connectivity index (χ3n) is 10.2. The molecule has 4 aromatic rings. The van der Waals surface area contributed by atoms with Gasteiger partial charge in [0.2, 0.25) is 5.75 Å². The molecule has 50 heavy (non-hydrogen) atoms. The molecule has 4 aromatic carbocycles. The van der Waals surface area contributed by atoms with Crippen molar-refractivity contribution in [3.63, 3.8) is 0 Å². The molecule has 8 rings (SSSR count). The van der Waals surface area contributed by atoms with Gasteiger partial charge in [0, 0.05) is 43.1 Å². The Morgan fingerprint density at radius 3 is 2.04 bits per heavy atom. The van der Waals surface area contributed by atoms with E-state index in [4.69, 9.17) is 28.4 Å². The van der Waals surface area contributed by atoms with Gasteiger partial charge in [0.15, 0.2) is 34.5 Å². The molecule has 3 atom stereocenters. The average Bonchev–Trinajstić information content (AvgIpc) is 3.11. The molecule has 4 aliphatic rings. The first-order chi connectivity index (χ1) is 24.2. The first-order valence-corrected chi connectivity index (χ1v) is 18.4. The second kappa shape index (κ2) is 14.0. The van der Waals surface area contributed by atoms with Gasteiger partial charge in [-0.15, -0.1) is 0 Å². The quantitative estimate of drug-likeness (QED) is 0.232. The smallest absolute Gasteiger partial charge is 0.204 e. The molecule has 0 saturated carbocycles. The van der Waals surface area contributed by atoms with E-state index in [0.717, 1.165) is 49.0 Å². The minimum absolute atomic E-state index is 0.129. The summed E-state index contributed by atoms with van der Waals surface area (Å²) in [5.41, 5.74) is 7.39. The maximum absolute atomic E-state index is 12.6. The topological polar surface area (TPSA) is 91.0 Å². The highest BCUT2D eigenvalue weighted by atomic mass is 32.2. The number of benzene rings is 4. The lowest BCUT2D eigenvalue weighted by atomic mass is 9.87. The van der Waals surface area contributed by atoms with E-state index >= 15 is 0 Å². The summed E-state index contributed by atoms with van der Waals surface area (Å²) in [6.07, 6.45) is 4.68. The molecule has 4 heterocycles. The standard InChI is InChI=1S/C39H45N3O7S/c1-41-14-12-24-18-32(44-3)35-21-28(24)30(41)16-23-8-10-27(11-9-23)48-34-20-26(29(40-50(7)43)22-33(34)45-4)17-31-37-25(13-15-42(31)2)19-36(46-5)38(47-6)39(37)49-35/h8-11,18-22,30-31,40H,12-17H2,1-7H3/t30-,31-,50?/m0/s1. The molecule has 0 amide bonds. The van der Waals surface area contributed by atoms with Crippen LogP contribution in [0.1, 0.15) is 45.5 Å². The van der Waals surface area contributed by atoms with Gasteiger partial charge in [-0.1, -0.05) is 12.1 Å². The van der Waals surface area contributed by atoms with Crippen LogP contribution < -0.4 is 33.1 Å². The van der Waals surface area contributed by atoms with E-state index in [1.165, 1.54) is 16.7 Å². The van der Waals surface area contributed by atoms with Gasteiger partial charge in [0.1, 0.15) is 16.7 Å². The number of fused-ring (bicyclic) bond motifs is 2. The number of likely N-dealkylation sites (N-methyl/N-ethyl adjacent to an activating group) is 2. The zero-order valence-electron chi connectivity index (χ0n) is 29.8. The molecule has 0 aliphatic carbocycles. The van der Waals surface area contributed by atoms with Crippen LogP contribution >= 0.6 is 0 Å². The summed E-state index contributed by atoms with van der Waals surface area (Å²) in [6, 6.07) is 18.4. The van der Waals surface area contributed by atoms with E-state index in [0.29, 0.717) is 58.1 Å². The summed E-state index contributed by atoms with van der Waals surface area (Å²) >= 11 is 0. The van der Waals surface area contributed by atoms with Crippen LogP contribution in [0.3, 0.4) is 0 Å². The lowest BCUT2D eigenvalue weighted by molar-refractivity contribution is 0.220. The molecule has 11 heteroatoms. The molecule has 6 bridgehead atoms. The molecule has 4 aliphatic heterocycles. The Hall–Kier alpha value is -4.45. The van der Waals surface area contributed by atoms with E-state index in [2.05, 4.69) is 58.9 Å². The Kier molecular flexibility index (Phi) is 9.56. The number of hydrogen-bond acceptors (Lipinski definition) is 9. The number of rotatable bonds is 6. The van der Waals surface area contributed by atoms with Gasteiger partial charge in [-0.2, -0.15) is 0 Å². The van der Waals surface area contributed by atoms with Crippen LogP contribution in [0, 0.1) is 0 Å². The number of hydrogen-bond donors (Lipinski definition) is 1. The predicted octanol–water partition coefficient (Wildman–Crippen LogP) is 6.87. The molecule has 1 unspecified atom stereocenters. The Balaban J connectivity index is 1.49. The first kappa shape index (κ1) is 34.0. The fourth-order valence-electron chi connectivity index (χ4n) is 7.59. The van der Waals surface area contributed by atoms with Crippen molar-refractivity contribution in [2.45, 2.75) is 37.8 Å². The summed E-state index contributed by atoms with van der Waals surface area (Å²) in [7, 11) is 9.56. The maximum atomic E-state index is 12.6. The predicted molar refractivity (Wildman–Crippen MR) is 195 cm³/mol. The minimum Gasteiger partial charge on any atom is -0.493 e. The van der Waals surface area contributed by atoms with Crippen molar-refractivity contribution < 1.29 is 32.6 Å². The highest BCUT2D eigenvalue weighted by molar-refractivity contribution is 7.85. The molecule has 10 nitrogen and oxygen atoms in total. The number of anilines is 1. The Bertz CT molecular complexity index is 1930. The Morgan fingerprint density at radius 1 is 0.720 bits per heavy atom. The zero-order valence-corrected chi connectivity index (χ0v) is 30.6. The highest BCUT2D eigenvalue weighted by Crippen LogP contribution is 2.52. The lowest BCUT2D eigenvalue weighted by Gasteiger charge is -2.37. The second-order valence-corrected chi connectivity index (χ2v) is 14.3. The van der Waals surface area contributed by atoms with Crippen LogP contribution in [0.4, 0.5) is 5.69 Å². The van der Waals surface area contributed by atoms with Crippen molar-refractivity contribution in [2.75, 3.05) is 66.6 Å². The van der Waals surface area contributed by atoms with Crippen LogP contribution in [0.5, 0.6) is 46.0 Å².